The van der Waals surface area contributed by atoms with Gasteiger partial charge in [0, 0.05) is 32.0 Å². The highest BCUT2D eigenvalue weighted by Crippen LogP contribution is 2.14. The van der Waals surface area contributed by atoms with Gasteiger partial charge >= 0.3 is 0 Å². The molecule has 20 heavy (non-hydrogen) atoms. The fraction of sp³-hybridized carbons (Fsp3) is 0.500. The number of amides is 1. The summed E-state index contributed by atoms with van der Waals surface area (Å²) in [6, 6.07) is 3.36. The molecule has 5 nitrogen and oxygen atoms in total. The zero-order valence-electron chi connectivity index (χ0n) is 11.5. The van der Waals surface area contributed by atoms with Gasteiger partial charge in [0.05, 0.1) is 6.10 Å². The first kappa shape index (κ1) is 14.9. The van der Waals surface area contributed by atoms with Crippen molar-refractivity contribution in [3.8, 4) is 0 Å². The van der Waals surface area contributed by atoms with E-state index in [1.165, 1.54) is 6.20 Å². The molecule has 0 bridgehead atoms. The van der Waals surface area contributed by atoms with Gasteiger partial charge in [-0.3, -0.25) is 9.78 Å². The van der Waals surface area contributed by atoms with E-state index in [-0.39, 0.29) is 17.0 Å². The molecule has 1 unspecified atom stereocenters. The Labute approximate surface area is 124 Å². The van der Waals surface area contributed by atoms with Crippen LogP contribution in [0.25, 0.3) is 0 Å². The molecular weight excluding hydrogens is 274 g/mol. The number of hydrogen-bond donors (Lipinski definition) is 1. The summed E-state index contributed by atoms with van der Waals surface area (Å²) in [4.78, 5) is 18.3. The summed E-state index contributed by atoms with van der Waals surface area (Å²) in [6.07, 6.45) is 4.93. The van der Waals surface area contributed by atoms with Gasteiger partial charge in [-0.15, -0.1) is 0 Å². The molecule has 1 atom stereocenters. The minimum Gasteiger partial charge on any atom is -0.389 e. The van der Waals surface area contributed by atoms with Crippen molar-refractivity contribution < 1.29 is 9.53 Å². The molecule has 0 aliphatic carbocycles. The number of hydrogen-bond acceptors (Lipinski definition) is 4. The quantitative estimate of drug-likeness (QED) is 0.849. The highest BCUT2D eigenvalue weighted by molar-refractivity contribution is 7.80. The van der Waals surface area contributed by atoms with E-state index >= 15 is 0 Å². The Morgan fingerprint density at radius 2 is 2.35 bits per heavy atom. The van der Waals surface area contributed by atoms with Crippen molar-refractivity contribution in [1.82, 2.24) is 9.88 Å². The largest absolute Gasteiger partial charge is 0.389 e. The number of ether oxygens (including phenoxy) is 1. The van der Waals surface area contributed by atoms with E-state index in [1.54, 1.807) is 24.1 Å². The van der Waals surface area contributed by atoms with Crippen LogP contribution >= 0.6 is 12.2 Å². The second kappa shape index (κ2) is 6.76. The zero-order chi connectivity index (χ0) is 14.5. The second-order valence-corrected chi connectivity index (χ2v) is 5.41. The van der Waals surface area contributed by atoms with Crippen LogP contribution in [0.1, 0.15) is 35.3 Å². The van der Waals surface area contributed by atoms with Gasteiger partial charge in [-0.05, 0) is 31.4 Å². The highest BCUT2D eigenvalue weighted by Gasteiger charge is 2.20. The van der Waals surface area contributed by atoms with Crippen molar-refractivity contribution in [2.45, 2.75) is 25.4 Å². The van der Waals surface area contributed by atoms with Crippen LogP contribution in [0.2, 0.25) is 0 Å². The summed E-state index contributed by atoms with van der Waals surface area (Å²) < 4.78 is 5.64. The van der Waals surface area contributed by atoms with Gasteiger partial charge in [0.2, 0.25) is 0 Å². The van der Waals surface area contributed by atoms with Gasteiger partial charge in [-0.1, -0.05) is 12.2 Å². The fourth-order valence-electron chi connectivity index (χ4n) is 2.20. The third kappa shape index (κ3) is 3.74. The zero-order valence-corrected chi connectivity index (χ0v) is 12.4. The van der Waals surface area contributed by atoms with Gasteiger partial charge in [0.15, 0.2) is 0 Å². The Bertz CT molecular complexity index is 484. The summed E-state index contributed by atoms with van der Waals surface area (Å²) >= 11 is 4.86. The first-order valence-corrected chi connectivity index (χ1v) is 7.11. The molecular formula is C14H19N3O2S. The van der Waals surface area contributed by atoms with E-state index in [0.717, 1.165) is 25.9 Å². The van der Waals surface area contributed by atoms with Crippen LogP contribution in [0.15, 0.2) is 18.3 Å². The molecule has 1 aliphatic rings. The first-order valence-electron chi connectivity index (χ1n) is 6.71. The lowest BCUT2D eigenvalue weighted by molar-refractivity contribution is -0.000289. The minimum absolute atomic E-state index is 0.117. The molecule has 1 aromatic heterocycles. The van der Waals surface area contributed by atoms with E-state index in [1.807, 2.05) is 0 Å². The van der Waals surface area contributed by atoms with Crippen molar-refractivity contribution in [2.75, 3.05) is 20.2 Å². The topological polar surface area (TPSA) is 68.5 Å². The van der Waals surface area contributed by atoms with Crippen molar-refractivity contribution >= 4 is 23.1 Å². The Hall–Kier alpha value is -1.53. The highest BCUT2D eigenvalue weighted by atomic mass is 32.1. The van der Waals surface area contributed by atoms with Crippen LogP contribution in [0, 0.1) is 0 Å². The SMILES string of the molecule is CN(CC1CCCCO1)C(=O)c1ccc(C(N)=S)cn1. The van der Waals surface area contributed by atoms with Crippen LogP contribution in [0.5, 0.6) is 0 Å². The summed E-state index contributed by atoms with van der Waals surface area (Å²) in [5.41, 5.74) is 6.56. The van der Waals surface area contributed by atoms with E-state index < -0.39 is 0 Å². The van der Waals surface area contributed by atoms with E-state index in [4.69, 9.17) is 22.7 Å². The smallest absolute Gasteiger partial charge is 0.272 e. The maximum atomic E-state index is 12.2. The Morgan fingerprint density at radius 3 is 2.90 bits per heavy atom. The lowest BCUT2D eigenvalue weighted by Gasteiger charge is -2.27. The molecule has 1 amide bonds. The van der Waals surface area contributed by atoms with Gasteiger partial charge in [-0.2, -0.15) is 0 Å². The van der Waals surface area contributed by atoms with Crippen molar-refractivity contribution in [3.63, 3.8) is 0 Å². The maximum absolute atomic E-state index is 12.2. The van der Waals surface area contributed by atoms with E-state index in [2.05, 4.69) is 4.98 Å². The first-order chi connectivity index (χ1) is 9.58. The molecule has 0 aromatic carbocycles. The number of rotatable bonds is 4. The Balaban J connectivity index is 1.96. The van der Waals surface area contributed by atoms with Crippen LogP contribution in [-0.4, -0.2) is 47.1 Å². The predicted octanol–water partition coefficient (Wildman–Crippen LogP) is 1.36. The number of nitrogens with two attached hydrogens (primary N) is 1. The number of nitrogens with zero attached hydrogens (tertiary/aromatic N) is 2. The molecule has 0 radical (unpaired) electrons. The normalized spacial score (nSPS) is 18.6. The monoisotopic (exact) mass is 293 g/mol. The molecule has 1 fully saturated rings. The molecule has 1 aromatic rings. The number of pyridine rings is 1. The van der Waals surface area contributed by atoms with E-state index in [9.17, 15) is 4.79 Å². The lowest BCUT2D eigenvalue weighted by Crippen LogP contribution is -2.37. The number of aromatic nitrogens is 1. The standard InChI is InChI=1S/C14H19N3O2S/c1-17(9-11-4-2-3-7-19-11)14(18)12-6-5-10(8-16-12)13(15)20/h5-6,8,11H,2-4,7,9H2,1H3,(H2,15,20). The van der Waals surface area contributed by atoms with Crippen LogP contribution in [0.4, 0.5) is 0 Å². The Kier molecular flexibility index (Phi) is 5.03. The molecule has 0 spiro atoms. The number of carbonyl (C=O) groups is 1. The molecule has 108 valence electrons. The summed E-state index contributed by atoms with van der Waals surface area (Å²) in [7, 11) is 1.77. The number of carbonyl (C=O) groups excluding carboxylic acids is 1. The average molecular weight is 293 g/mol. The average Bonchev–Trinajstić information content (AvgIpc) is 2.47. The summed E-state index contributed by atoms with van der Waals surface area (Å²) in [5.74, 6) is -0.117. The summed E-state index contributed by atoms with van der Waals surface area (Å²) in [6.45, 7) is 1.38. The van der Waals surface area contributed by atoms with Crippen molar-refractivity contribution in [1.29, 1.82) is 0 Å². The van der Waals surface area contributed by atoms with Gasteiger partial charge < -0.3 is 15.4 Å². The molecule has 2 rings (SSSR count). The predicted molar refractivity (Wildman–Crippen MR) is 80.7 cm³/mol. The van der Waals surface area contributed by atoms with Crippen LogP contribution in [0.3, 0.4) is 0 Å². The fourth-order valence-corrected chi connectivity index (χ4v) is 2.32. The lowest BCUT2D eigenvalue weighted by atomic mass is 10.1. The molecule has 6 heteroatoms. The van der Waals surface area contributed by atoms with E-state index in [0.29, 0.717) is 17.8 Å². The Morgan fingerprint density at radius 1 is 1.55 bits per heavy atom. The second-order valence-electron chi connectivity index (χ2n) is 4.97. The van der Waals surface area contributed by atoms with Gasteiger partial charge in [0.25, 0.3) is 5.91 Å². The third-order valence-electron chi connectivity index (χ3n) is 3.37. The van der Waals surface area contributed by atoms with Gasteiger partial charge in [0.1, 0.15) is 10.7 Å². The maximum Gasteiger partial charge on any atom is 0.272 e. The van der Waals surface area contributed by atoms with Gasteiger partial charge in [-0.25, -0.2) is 0 Å². The van der Waals surface area contributed by atoms with Crippen molar-refractivity contribution in [3.05, 3.63) is 29.6 Å². The molecule has 1 saturated heterocycles. The van der Waals surface area contributed by atoms with Crippen molar-refractivity contribution in [2.24, 2.45) is 5.73 Å². The number of thiocarbonyl (C=S) groups is 1. The summed E-state index contributed by atoms with van der Waals surface area (Å²) in [5, 5.41) is 0. The molecule has 2 N–H and O–H groups in total. The molecule has 1 aliphatic heterocycles. The molecule has 2 heterocycles. The number of likely N-dealkylation sites (N-methyl/N-ethyl adjacent to an activating group) is 1. The third-order valence-corrected chi connectivity index (χ3v) is 3.60. The molecule has 0 saturated carbocycles. The van der Waals surface area contributed by atoms with Crippen LogP contribution < -0.4 is 5.73 Å². The minimum atomic E-state index is -0.117. The van der Waals surface area contributed by atoms with Crippen LogP contribution in [-0.2, 0) is 4.74 Å².